The van der Waals surface area contributed by atoms with E-state index in [1.165, 1.54) is 11.9 Å². The number of rotatable bonds is 14. The molecule has 2 N–H and O–H groups in total. The summed E-state index contributed by atoms with van der Waals surface area (Å²) in [6, 6.07) is 0. The van der Waals surface area contributed by atoms with E-state index in [1.807, 2.05) is 0 Å². The number of amides is 3. The molecule has 127 valence electrons. The van der Waals surface area contributed by atoms with E-state index in [-0.39, 0.29) is 18.4 Å². The summed E-state index contributed by atoms with van der Waals surface area (Å²) >= 11 is 0. The number of likely N-dealkylation sites (N-methyl/N-ethyl adjacent to an activating group) is 1. The number of hydrogen-bond donors (Lipinski definition) is 2. The molecular formula is C16H30N3O3. The Morgan fingerprint density at radius 2 is 1.50 bits per heavy atom. The molecule has 0 aliphatic heterocycles. The number of unbranched alkanes of at least 4 members (excludes halogenated alkanes) is 5. The molecule has 0 aromatic heterocycles. The second-order valence-corrected chi connectivity index (χ2v) is 5.52. The van der Waals surface area contributed by atoms with Gasteiger partial charge in [0.15, 0.2) is 0 Å². The summed E-state index contributed by atoms with van der Waals surface area (Å²) in [7, 11) is 1.51. The molecule has 0 aliphatic carbocycles. The van der Waals surface area contributed by atoms with Gasteiger partial charge < -0.3 is 15.5 Å². The molecule has 0 aliphatic rings. The molecule has 0 spiro atoms. The van der Waals surface area contributed by atoms with E-state index >= 15 is 0 Å². The highest BCUT2D eigenvalue weighted by molar-refractivity contribution is 5.79. The second kappa shape index (κ2) is 14.4. The standard InChI is InChI=1S/C16H30N3O3/c1-3-4-8-11-17-15(21)10-7-5-6-9-12-18-16(22)13-19(2)14-20/h3-13H2,1-2H3,(H,17,21)(H,18,22). The van der Waals surface area contributed by atoms with Crippen LogP contribution in [0.4, 0.5) is 0 Å². The van der Waals surface area contributed by atoms with Crippen molar-refractivity contribution in [1.29, 1.82) is 0 Å². The normalized spacial score (nSPS) is 10.1. The first kappa shape index (κ1) is 20.4. The minimum absolute atomic E-state index is 0.0434. The third-order valence-corrected chi connectivity index (χ3v) is 3.29. The maximum atomic E-state index is 11.5. The Morgan fingerprint density at radius 1 is 0.909 bits per heavy atom. The van der Waals surface area contributed by atoms with Crippen LogP contribution in [0.15, 0.2) is 0 Å². The van der Waals surface area contributed by atoms with E-state index in [4.69, 9.17) is 0 Å². The maximum absolute atomic E-state index is 11.5. The summed E-state index contributed by atoms with van der Waals surface area (Å²) in [5, 5.41) is 5.67. The predicted octanol–water partition coefficient (Wildman–Crippen LogP) is 1.36. The van der Waals surface area contributed by atoms with E-state index in [0.29, 0.717) is 13.0 Å². The number of carbonyl (C=O) groups excluding carboxylic acids is 3. The molecule has 1 radical (unpaired) electrons. The molecule has 0 bridgehead atoms. The van der Waals surface area contributed by atoms with Crippen molar-refractivity contribution < 1.29 is 14.4 Å². The third kappa shape index (κ3) is 13.4. The van der Waals surface area contributed by atoms with Gasteiger partial charge in [0.25, 0.3) is 0 Å². The fraction of sp³-hybridized carbons (Fsp3) is 0.812. The Morgan fingerprint density at radius 3 is 2.14 bits per heavy atom. The summed E-state index contributed by atoms with van der Waals surface area (Å²) in [5.74, 6) is -0.0325. The van der Waals surface area contributed by atoms with Crippen LogP contribution in [0.3, 0.4) is 0 Å². The molecule has 0 saturated carbocycles. The van der Waals surface area contributed by atoms with Crippen molar-refractivity contribution in [3.63, 3.8) is 0 Å². The highest BCUT2D eigenvalue weighted by Gasteiger charge is 2.04. The lowest BCUT2D eigenvalue weighted by molar-refractivity contribution is -0.121. The minimum atomic E-state index is -0.169. The third-order valence-electron chi connectivity index (χ3n) is 3.29. The summed E-state index contributed by atoms with van der Waals surface area (Å²) in [4.78, 5) is 34.3. The van der Waals surface area contributed by atoms with Crippen LogP contribution in [0.25, 0.3) is 0 Å². The fourth-order valence-corrected chi connectivity index (χ4v) is 1.99. The molecule has 6 heteroatoms. The van der Waals surface area contributed by atoms with Crippen molar-refractivity contribution in [3.8, 4) is 0 Å². The topological polar surface area (TPSA) is 78.5 Å². The highest BCUT2D eigenvalue weighted by Crippen LogP contribution is 2.02. The Balaban J connectivity index is 3.34. The van der Waals surface area contributed by atoms with Crippen LogP contribution in [0, 0.1) is 0 Å². The van der Waals surface area contributed by atoms with Crippen molar-refractivity contribution in [1.82, 2.24) is 15.5 Å². The Bertz CT molecular complexity index is 322. The number of nitrogens with one attached hydrogen (secondary N) is 2. The monoisotopic (exact) mass is 312 g/mol. The van der Waals surface area contributed by atoms with Crippen LogP contribution in [0.1, 0.15) is 58.3 Å². The number of nitrogens with zero attached hydrogens (tertiary/aromatic N) is 1. The summed E-state index contributed by atoms with van der Waals surface area (Å²) < 4.78 is 0. The molecule has 22 heavy (non-hydrogen) atoms. The van der Waals surface area contributed by atoms with Gasteiger partial charge in [-0.25, -0.2) is 0 Å². The second-order valence-electron chi connectivity index (χ2n) is 5.52. The SMILES string of the molecule is CCCCCNC(=O)CCCCCCNC(=O)CN(C)[C]=O. The zero-order chi connectivity index (χ0) is 16.6. The van der Waals surface area contributed by atoms with Crippen LogP contribution in [-0.2, 0) is 14.4 Å². The van der Waals surface area contributed by atoms with E-state index in [0.717, 1.165) is 51.5 Å². The van der Waals surface area contributed by atoms with Gasteiger partial charge in [-0.2, -0.15) is 0 Å². The van der Waals surface area contributed by atoms with Gasteiger partial charge in [-0.05, 0) is 19.3 Å². The van der Waals surface area contributed by atoms with Crippen LogP contribution in [-0.4, -0.2) is 49.8 Å². The first-order chi connectivity index (χ1) is 10.6. The Kier molecular flexibility index (Phi) is 13.3. The average molecular weight is 312 g/mol. The van der Waals surface area contributed by atoms with E-state index in [9.17, 15) is 14.4 Å². The minimum Gasteiger partial charge on any atom is -0.356 e. The smallest absolute Gasteiger partial charge is 0.312 e. The van der Waals surface area contributed by atoms with Gasteiger partial charge in [0.1, 0.15) is 0 Å². The van der Waals surface area contributed by atoms with E-state index < -0.39 is 0 Å². The summed E-state index contributed by atoms with van der Waals surface area (Å²) in [5.41, 5.74) is 0. The molecular weight excluding hydrogens is 282 g/mol. The van der Waals surface area contributed by atoms with Crippen molar-refractivity contribution in [2.45, 2.75) is 58.3 Å². The Labute approximate surface area is 134 Å². The molecule has 0 heterocycles. The van der Waals surface area contributed by atoms with E-state index in [1.54, 1.807) is 6.41 Å². The quantitative estimate of drug-likeness (QED) is 0.375. The zero-order valence-corrected chi connectivity index (χ0v) is 14.0. The Hall–Kier alpha value is -1.59. The van der Waals surface area contributed by atoms with Crippen LogP contribution in [0.2, 0.25) is 0 Å². The van der Waals surface area contributed by atoms with Gasteiger partial charge in [0.05, 0.1) is 6.54 Å². The molecule has 0 aromatic carbocycles. The van der Waals surface area contributed by atoms with Gasteiger partial charge in [-0.3, -0.25) is 14.4 Å². The average Bonchev–Trinajstić information content (AvgIpc) is 2.50. The highest BCUT2D eigenvalue weighted by atomic mass is 16.2. The van der Waals surface area contributed by atoms with Gasteiger partial charge in [0.2, 0.25) is 11.8 Å². The van der Waals surface area contributed by atoms with Crippen LogP contribution < -0.4 is 10.6 Å². The summed E-state index contributed by atoms with van der Waals surface area (Å²) in [6.45, 7) is 3.57. The molecule has 6 nitrogen and oxygen atoms in total. The van der Waals surface area contributed by atoms with Gasteiger partial charge in [-0.1, -0.05) is 32.6 Å². The fourth-order valence-electron chi connectivity index (χ4n) is 1.99. The van der Waals surface area contributed by atoms with Crippen molar-refractivity contribution in [2.24, 2.45) is 0 Å². The maximum Gasteiger partial charge on any atom is 0.312 e. The number of hydrogen-bond acceptors (Lipinski definition) is 3. The lowest BCUT2D eigenvalue weighted by atomic mass is 10.1. The summed E-state index contributed by atoms with van der Waals surface area (Å²) in [6.07, 6.45) is 9.33. The zero-order valence-electron chi connectivity index (χ0n) is 14.0. The molecule has 3 amide bonds. The molecule has 0 rings (SSSR count). The molecule has 0 aromatic rings. The van der Waals surface area contributed by atoms with Gasteiger partial charge in [0, 0.05) is 26.6 Å². The van der Waals surface area contributed by atoms with E-state index in [2.05, 4.69) is 17.6 Å². The van der Waals surface area contributed by atoms with Crippen LogP contribution in [0.5, 0.6) is 0 Å². The lowest BCUT2D eigenvalue weighted by Gasteiger charge is -2.09. The predicted molar refractivity (Wildman–Crippen MR) is 87.0 cm³/mol. The first-order valence-corrected chi connectivity index (χ1v) is 8.22. The first-order valence-electron chi connectivity index (χ1n) is 8.22. The number of carbonyl (C=O) groups is 2. The molecule has 0 fully saturated rings. The lowest BCUT2D eigenvalue weighted by Crippen LogP contribution is -2.34. The van der Waals surface area contributed by atoms with Crippen molar-refractivity contribution >= 4 is 18.2 Å². The van der Waals surface area contributed by atoms with Gasteiger partial charge in [-0.15, -0.1) is 0 Å². The molecule has 0 saturated heterocycles. The molecule has 0 atom stereocenters. The van der Waals surface area contributed by atoms with Crippen molar-refractivity contribution in [3.05, 3.63) is 0 Å². The van der Waals surface area contributed by atoms with Crippen molar-refractivity contribution in [2.75, 3.05) is 26.7 Å². The molecule has 0 unspecified atom stereocenters. The van der Waals surface area contributed by atoms with Crippen LogP contribution >= 0.6 is 0 Å². The largest absolute Gasteiger partial charge is 0.356 e. The van der Waals surface area contributed by atoms with Gasteiger partial charge >= 0.3 is 6.41 Å².